The molecule has 0 aliphatic heterocycles. The van der Waals surface area contributed by atoms with Gasteiger partial charge in [-0.05, 0) is 6.07 Å². The van der Waals surface area contributed by atoms with Crippen LogP contribution in [0.3, 0.4) is 0 Å². The van der Waals surface area contributed by atoms with Gasteiger partial charge in [0, 0.05) is 6.07 Å². The van der Waals surface area contributed by atoms with E-state index in [1.165, 1.54) is 6.07 Å². The van der Waals surface area contributed by atoms with Gasteiger partial charge in [-0.3, -0.25) is 10.1 Å². The molecule has 0 bridgehead atoms. The second-order valence-corrected chi connectivity index (χ2v) is 2.52. The van der Waals surface area contributed by atoms with Gasteiger partial charge in [0.05, 0.1) is 4.92 Å². The summed E-state index contributed by atoms with van der Waals surface area (Å²) in [5.74, 6) is -2.23. The van der Waals surface area contributed by atoms with E-state index in [0.29, 0.717) is 6.07 Å². The summed E-state index contributed by atoms with van der Waals surface area (Å²) in [7, 11) is 0. The second-order valence-electron chi connectivity index (χ2n) is 2.52. The number of nitriles is 1. The summed E-state index contributed by atoms with van der Waals surface area (Å²) in [4.78, 5) is 9.22. The Morgan fingerprint density at radius 3 is 2.56 bits per heavy atom. The molecular weight excluding hydrogens is 229 g/mol. The van der Waals surface area contributed by atoms with E-state index in [1.54, 1.807) is 0 Å². The maximum atomic E-state index is 13.2. The molecule has 0 aliphatic rings. The number of hydrogen-bond donors (Lipinski definition) is 0. The minimum Gasteiger partial charge on any atom is -0.433 e. The number of alkyl halides is 2. The molecular formula is C8H3F3N2O3. The molecule has 84 valence electrons. The van der Waals surface area contributed by atoms with E-state index in [-0.39, 0.29) is 0 Å². The minimum atomic E-state index is -3.24. The molecule has 0 radical (unpaired) electrons. The van der Waals surface area contributed by atoms with Crippen LogP contribution in [0, 0.1) is 27.3 Å². The van der Waals surface area contributed by atoms with E-state index in [2.05, 4.69) is 4.74 Å². The van der Waals surface area contributed by atoms with Gasteiger partial charge < -0.3 is 4.74 Å². The number of ether oxygens (including phenoxy) is 1. The number of nitro benzene ring substituents is 1. The summed E-state index contributed by atoms with van der Waals surface area (Å²) in [5, 5.41) is 18.8. The molecule has 0 heterocycles. The standard InChI is InChI=1S/C8H3F3N2O3/c9-7-4(3-12)6(16-8(10)11)2-1-5(7)13(14)15/h1-2,8H. The van der Waals surface area contributed by atoms with Crippen molar-refractivity contribution in [3.63, 3.8) is 0 Å². The highest BCUT2D eigenvalue weighted by Gasteiger charge is 2.23. The van der Waals surface area contributed by atoms with Gasteiger partial charge in [-0.25, -0.2) is 0 Å². The van der Waals surface area contributed by atoms with Crippen molar-refractivity contribution < 1.29 is 22.8 Å². The molecule has 16 heavy (non-hydrogen) atoms. The number of hydrogen-bond acceptors (Lipinski definition) is 4. The second kappa shape index (κ2) is 4.48. The van der Waals surface area contributed by atoms with Crippen LogP contribution >= 0.6 is 0 Å². The number of nitro groups is 1. The van der Waals surface area contributed by atoms with Crippen LogP contribution in [0.1, 0.15) is 5.56 Å². The Balaban J connectivity index is 3.31. The van der Waals surface area contributed by atoms with Crippen LogP contribution < -0.4 is 4.74 Å². The zero-order valence-electron chi connectivity index (χ0n) is 7.49. The van der Waals surface area contributed by atoms with Gasteiger partial charge in [0.15, 0.2) is 0 Å². The lowest BCUT2D eigenvalue weighted by atomic mass is 10.2. The van der Waals surface area contributed by atoms with Crippen LogP contribution in [-0.2, 0) is 0 Å². The highest BCUT2D eigenvalue weighted by Crippen LogP contribution is 2.29. The highest BCUT2D eigenvalue weighted by atomic mass is 19.3. The quantitative estimate of drug-likeness (QED) is 0.591. The van der Waals surface area contributed by atoms with Crippen molar-refractivity contribution in [2.24, 2.45) is 0 Å². The molecule has 0 fully saturated rings. The van der Waals surface area contributed by atoms with Crippen LogP contribution in [0.4, 0.5) is 18.9 Å². The Morgan fingerprint density at radius 1 is 1.50 bits per heavy atom. The summed E-state index contributed by atoms with van der Waals surface area (Å²) >= 11 is 0. The van der Waals surface area contributed by atoms with Crippen molar-refractivity contribution >= 4 is 5.69 Å². The average Bonchev–Trinajstić information content (AvgIpc) is 2.16. The van der Waals surface area contributed by atoms with Crippen molar-refractivity contribution in [3.05, 3.63) is 33.6 Å². The van der Waals surface area contributed by atoms with Crippen LogP contribution in [0.5, 0.6) is 5.75 Å². The lowest BCUT2D eigenvalue weighted by Crippen LogP contribution is -2.05. The predicted molar refractivity (Wildman–Crippen MR) is 44.4 cm³/mol. The molecule has 0 amide bonds. The third-order valence-corrected chi connectivity index (χ3v) is 1.61. The number of rotatable bonds is 3. The van der Waals surface area contributed by atoms with Gasteiger partial charge in [-0.1, -0.05) is 0 Å². The SMILES string of the molecule is N#Cc1c(OC(F)F)ccc([N+](=O)[O-])c1F. The van der Waals surface area contributed by atoms with Crippen molar-refractivity contribution in [1.82, 2.24) is 0 Å². The monoisotopic (exact) mass is 232 g/mol. The van der Waals surface area contributed by atoms with Crippen LogP contribution in [0.15, 0.2) is 12.1 Å². The van der Waals surface area contributed by atoms with E-state index in [4.69, 9.17) is 5.26 Å². The summed E-state index contributed by atoms with van der Waals surface area (Å²) in [5.41, 5.74) is -1.90. The highest BCUT2D eigenvalue weighted by molar-refractivity contribution is 5.51. The van der Waals surface area contributed by atoms with Crippen molar-refractivity contribution in [3.8, 4) is 11.8 Å². The smallest absolute Gasteiger partial charge is 0.387 e. The zero-order chi connectivity index (χ0) is 12.3. The molecule has 0 spiro atoms. The average molecular weight is 232 g/mol. The van der Waals surface area contributed by atoms with Crippen LogP contribution in [0.2, 0.25) is 0 Å². The van der Waals surface area contributed by atoms with E-state index < -0.39 is 34.4 Å². The van der Waals surface area contributed by atoms with Gasteiger partial charge >= 0.3 is 12.3 Å². The lowest BCUT2D eigenvalue weighted by molar-refractivity contribution is -0.387. The Hall–Kier alpha value is -2.30. The predicted octanol–water partition coefficient (Wildman–Crippen LogP) is 2.21. The molecule has 5 nitrogen and oxygen atoms in total. The molecule has 0 unspecified atom stereocenters. The van der Waals surface area contributed by atoms with Crippen molar-refractivity contribution in [2.45, 2.75) is 6.61 Å². The topological polar surface area (TPSA) is 76.2 Å². The molecule has 0 atom stereocenters. The number of benzene rings is 1. The molecule has 0 aromatic heterocycles. The molecule has 1 aromatic carbocycles. The first-order valence-corrected chi connectivity index (χ1v) is 3.79. The minimum absolute atomic E-state index is 0.647. The van der Waals surface area contributed by atoms with E-state index >= 15 is 0 Å². The fraction of sp³-hybridized carbons (Fsp3) is 0.125. The molecule has 8 heteroatoms. The third-order valence-electron chi connectivity index (χ3n) is 1.61. The maximum Gasteiger partial charge on any atom is 0.387 e. The Labute approximate surface area is 86.8 Å². The molecule has 0 aliphatic carbocycles. The summed E-state index contributed by atoms with van der Waals surface area (Å²) in [6.07, 6.45) is 0. The Bertz CT molecular complexity index is 470. The van der Waals surface area contributed by atoms with Crippen LogP contribution in [-0.4, -0.2) is 11.5 Å². The van der Waals surface area contributed by atoms with E-state index in [9.17, 15) is 23.3 Å². The van der Waals surface area contributed by atoms with Crippen molar-refractivity contribution in [1.29, 1.82) is 5.26 Å². The molecule has 0 N–H and O–H groups in total. The largest absolute Gasteiger partial charge is 0.433 e. The Morgan fingerprint density at radius 2 is 2.12 bits per heavy atom. The Kier molecular flexibility index (Phi) is 3.30. The molecule has 0 saturated heterocycles. The van der Waals surface area contributed by atoms with Crippen LogP contribution in [0.25, 0.3) is 0 Å². The van der Waals surface area contributed by atoms with Gasteiger partial charge in [0.2, 0.25) is 5.82 Å². The van der Waals surface area contributed by atoms with E-state index in [1.807, 2.05) is 0 Å². The van der Waals surface area contributed by atoms with Gasteiger partial charge in [-0.15, -0.1) is 0 Å². The van der Waals surface area contributed by atoms with Gasteiger partial charge in [-0.2, -0.15) is 18.4 Å². The lowest BCUT2D eigenvalue weighted by Gasteiger charge is -2.06. The van der Waals surface area contributed by atoms with E-state index in [0.717, 1.165) is 6.07 Å². The maximum absolute atomic E-state index is 13.2. The van der Waals surface area contributed by atoms with Gasteiger partial charge in [0.25, 0.3) is 0 Å². The fourth-order valence-electron chi connectivity index (χ4n) is 0.987. The molecule has 0 saturated carbocycles. The zero-order valence-corrected chi connectivity index (χ0v) is 7.49. The fourth-order valence-corrected chi connectivity index (χ4v) is 0.987. The summed E-state index contributed by atoms with van der Waals surface area (Å²) in [6.45, 7) is -3.24. The normalized spacial score (nSPS) is 9.94. The first-order chi connectivity index (χ1) is 7.47. The molecule has 1 rings (SSSR count). The van der Waals surface area contributed by atoms with Gasteiger partial charge in [0.1, 0.15) is 17.4 Å². The summed E-state index contributed by atoms with van der Waals surface area (Å²) in [6, 6.07) is 2.62. The molecule has 1 aromatic rings. The number of halogens is 3. The first kappa shape index (κ1) is 11.8. The van der Waals surface area contributed by atoms with Crippen molar-refractivity contribution in [2.75, 3.05) is 0 Å². The first-order valence-electron chi connectivity index (χ1n) is 3.79. The number of nitrogens with zero attached hydrogens (tertiary/aromatic N) is 2. The summed E-state index contributed by atoms with van der Waals surface area (Å²) < 4.78 is 40.8. The third kappa shape index (κ3) is 2.20.